The van der Waals surface area contributed by atoms with Crippen LogP contribution in [0.2, 0.25) is 0 Å². The number of aromatic carboxylic acids is 1. The molecule has 6 heteroatoms. The quantitative estimate of drug-likeness (QED) is 0.704. The molecule has 0 aliphatic rings. The molecule has 0 spiro atoms. The van der Waals surface area contributed by atoms with E-state index >= 15 is 0 Å². The summed E-state index contributed by atoms with van der Waals surface area (Å²) in [6, 6.07) is 6.58. The van der Waals surface area contributed by atoms with Gasteiger partial charge < -0.3 is 15.3 Å². The Balaban J connectivity index is 2.52. The summed E-state index contributed by atoms with van der Waals surface area (Å²) < 4.78 is 5.65. The molecule has 0 fully saturated rings. The van der Waals surface area contributed by atoms with E-state index in [1.165, 1.54) is 6.07 Å². The number of rotatable bonds is 2. The molecule has 0 unspecified atom stereocenters. The zero-order chi connectivity index (χ0) is 16.0. The van der Waals surface area contributed by atoms with Gasteiger partial charge in [-0.05, 0) is 23.6 Å². The number of hydrogen-bond acceptors (Lipinski definition) is 5. The van der Waals surface area contributed by atoms with Crippen molar-refractivity contribution < 1.29 is 14.3 Å². The van der Waals surface area contributed by atoms with Crippen LogP contribution in [0.1, 0.15) is 35.7 Å². The van der Waals surface area contributed by atoms with Crippen molar-refractivity contribution in [2.75, 3.05) is 5.73 Å². The van der Waals surface area contributed by atoms with Gasteiger partial charge in [0, 0.05) is 0 Å². The highest BCUT2D eigenvalue weighted by atomic mass is 16.4. The van der Waals surface area contributed by atoms with Crippen molar-refractivity contribution in [3.8, 4) is 0 Å². The number of carbonyl (C=O) groups is 1. The number of fused-ring (bicyclic) bond motifs is 2. The van der Waals surface area contributed by atoms with Gasteiger partial charge in [0.25, 0.3) is 0 Å². The average molecular weight is 298 g/mol. The van der Waals surface area contributed by atoms with Crippen molar-refractivity contribution in [3.63, 3.8) is 0 Å². The lowest BCUT2D eigenvalue weighted by molar-refractivity contribution is 0.0698. The van der Waals surface area contributed by atoms with Crippen LogP contribution in [0, 0.1) is 0 Å². The van der Waals surface area contributed by atoms with Gasteiger partial charge in [-0.1, -0.05) is 26.0 Å². The van der Waals surface area contributed by atoms with Crippen LogP contribution in [0.5, 0.6) is 0 Å². The number of nitrogens with zero attached hydrogens (tertiary/aromatic N) is 1. The van der Waals surface area contributed by atoms with E-state index in [9.17, 15) is 9.59 Å². The smallest absolute Gasteiger partial charge is 0.339 e. The van der Waals surface area contributed by atoms with Crippen molar-refractivity contribution in [3.05, 3.63) is 45.6 Å². The molecule has 0 saturated heterocycles. The second-order valence-corrected chi connectivity index (χ2v) is 5.39. The minimum atomic E-state index is -1.23. The standard InChI is InChI=1S/C16H14N2O4/c1-7(2)8-4-3-5-11-12(8)13(19)9-6-10(16(20)21)14(17)18-15(9)22-11/h3-7H,1-2H3,(H2,17,18)(H,20,21). The van der Waals surface area contributed by atoms with Gasteiger partial charge >= 0.3 is 5.97 Å². The number of aromatic nitrogens is 1. The molecule has 3 rings (SSSR count). The first-order chi connectivity index (χ1) is 10.4. The lowest BCUT2D eigenvalue weighted by Crippen LogP contribution is -2.11. The summed E-state index contributed by atoms with van der Waals surface area (Å²) in [6.45, 7) is 3.95. The zero-order valence-corrected chi connectivity index (χ0v) is 12.1. The lowest BCUT2D eigenvalue weighted by atomic mass is 9.98. The molecule has 112 valence electrons. The SMILES string of the molecule is CC(C)c1cccc2oc3nc(N)c(C(=O)O)cc3c(=O)c12. The molecule has 0 amide bonds. The van der Waals surface area contributed by atoms with Gasteiger partial charge in [-0.15, -0.1) is 0 Å². The van der Waals surface area contributed by atoms with E-state index in [0.717, 1.165) is 5.56 Å². The largest absolute Gasteiger partial charge is 0.478 e. The van der Waals surface area contributed by atoms with Crippen LogP contribution in [-0.2, 0) is 0 Å². The number of carboxylic acid groups (broad SMARTS) is 1. The number of nitrogen functional groups attached to an aromatic ring is 1. The van der Waals surface area contributed by atoms with Gasteiger partial charge in [0.05, 0.1) is 10.8 Å². The fourth-order valence-electron chi connectivity index (χ4n) is 2.52. The third-order valence-corrected chi connectivity index (χ3v) is 3.61. The number of pyridine rings is 1. The molecule has 6 nitrogen and oxygen atoms in total. The first kappa shape index (κ1) is 14.1. The van der Waals surface area contributed by atoms with Crippen LogP contribution in [0.15, 0.2) is 33.5 Å². The Morgan fingerprint density at radius 2 is 2.09 bits per heavy atom. The van der Waals surface area contributed by atoms with Crippen molar-refractivity contribution in [1.29, 1.82) is 0 Å². The summed E-state index contributed by atoms with van der Waals surface area (Å²) in [4.78, 5) is 27.8. The predicted molar refractivity (Wildman–Crippen MR) is 83.2 cm³/mol. The van der Waals surface area contributed by atoms with Crippen LogP contribution in [0.4, 0.5) is 5.82 Å². The summed E-state index contributed by atoms with van der Waals surface area (Å²) in [7, 11) is 0. The van der Waals surface area contributed by atoms with Crippen molar-refractivity contribution in [2.45, 2.75) is 19.8 Å². The van der Waals surface area contributed by atoms with Crippen LogP contribution < -0.4 is 11.2 Å². The molecule has 0 bridgehead atoms. The molecular weight excluding hydrogens is 284 g/mol. The number of benzene rings is 1. The third kappa shape index (κ3) is 2.00. The van der Waals surface area contributed by atoms with Crippen molar-refractivity contribution >= 4 is 33.9 Å². The highest BCUT2D eigenvalue weighted by Crippen LogP contribution is 2.26. The summed E-state index contributed by atoms with van der Waals surface area (Å²) in [5.41, 5.74) is 6.41. The molecular formula is C16H14N2O4. The topological polar surface area (TPSA) is 106 Å². The summed E-state index contributed by atoms with van der Waals surface area (Å²) >= 11 is 0. The Labute approximate surface area is 125 Å². The Morgan fingerprint density at radius 3 is 2.73 bits per heavy atom. The van der Waals surface area contributed by atoms with Crippen molar-refractivity contribution in [2.24, 2.45) is 0 Å². The van der Waals surface area contributed by atoms with Gasteiger partial charge in [-0.25, -0.2) is 4.79 Å². The van der Waals surface area contributed by atoms with E-state index in [-0.39, 0.29) is 33.8 Å². The van der Waals surface area contributed by atoms with E-state index in [2.05, 4.69) is 4.98 Å². The first-order valence-corrected chi connectivity index (χ1v) is 6.79. The van der Waals surface area contributed by atoms with Crippen molar-refractivity contribution in [1.82, 2.24) is 4.98 Å². The van der Waals surface area contributed by atoms with E-state index in [1.807, 2.05) is 19.9 Å². The van der Waals surface area contributed by atoms with E-state index < -0.39 is 5.97 Å². The molecule has 2 aromatic heterocycles. The Kier molecular flexibility index (Phi) is 3.09. The summed E-state index contributed by atoms with van der Waals surface area (Å²) in [6.07, 6.45) is 0. The van der Waals surface area contributed by atoms with Crippen LogP contribution in [0.3, 0.4) is 0 Å². The normalized spacial score (nSPS) is 11.4. The molecule has 0 aliphatic carbocycles. The van der Waals surface area contributed by atoms with Gasteiger partial charge in [0.15, 0.2) is 0 Å². The summed E-state index contributed by atoms with van der Waals surface area (Å²) in [5.74, 6) is -1.28. The number of anilines is 1. The maximum absolute atomic E-state index is 12.8. The molecule has 1 aromatic carbocycles. The van der Waals surface area contributed by atoms with Gasteiger partial charge in [-0.3, -0.25) is 4.79 Å². The molecule has 0 saturated carbocycles. The highest BCUT2D eigenvalue weighted by Gasteiger charge is 2.18. The maximum Gasteiger partial charge on any atom is 0.339 e. The van der Waals surface area contributed by atoms with Crippen LogP contribution in [-0.4, -0.2) is 16.1 Å². The Hall–Kier alpha value is -2.89. The third-order valence-electron chi connectivity index (χ3n) is 3.61. The Morgan fingerprint density at radius 1 is 1.36 bits per heavy atom. The molecule has 22 heavy (non-hydrogen) atoms. The van der Waals surface area contributed by atoms with Crippen LogP contribution in [0.25, 0.3) is 22.1 Å². The fraction of sp³-hybridized carbons (Fsp3) is 0.188. The number of carboxylic acids is 1. The second-order valence-electron chi connectivity index (χ2n) is 5.39. The fourth-order valence-corrected chi connectivity index (χ4v) is 2.52. The monoisotopic (exact) mass is 298 g/mol. The van der Waals surface area contributed by atoms with E-state index in [1.54, 1.807) is 12.1 Å². The second kappa shape index (κ2) is 4.84. The van der Waals surface area contributed by atoms with E-state index in [0.29, 0.717) is 11.0 Å². The molecule has 3 N–H and O–H groups in total. The molecule has 0 radical (unpaired) electrons. The van der Waals surface area contributed by atoms with Crippen LogP contribution >= 0.6 is 0 Å². The zero-order valence-electron chi connectivity index (χ0n) is 12.1. The van der Waals surface area contributed by atoms with Gasteiger partial charge in [-0.2, -0.15) is 4.98 Å². The first-order valence-electron chi connectivity index (χ1n) is 6.79. The minimum Gasteiger partial charge on any atom is -0.478 e. The maximum atomic E-state index is 12.8. The highest BCUT2D eigenvalue weighted by molar-refractivity contribution is 5.98. The molecule has 0 atom stereocenters. The predicted octanol–water partition coefficient (Wildman–Crippen LogP) is 2.74. The number of nitrogens with two attached hydrogens (primary N) is 1. The summed E-state index contributed by atoms with van der Waals surface area (Å²) in [5, 5.41) is 9.69. The Bertz CT molecular complexity index is 973. The minimum absolute atomic E-state index is 0.0425. The average Bonchev–Trinajstić information content (AvgIpc) is 2.45. The van der Waals surface area contributed by atoms with Gasteiger partial charge in [0.1, 0.15) is 17.0 Å². The van der Waals surface area contributed by atoms with Gasteiger partial charge in [0.2, 0.25) is 11.1 Å². The number of hydrogen-bond donors (Lipinski definition) is 2. The molecule has 3 aromatic rings. The molecule has 0 aliphatic heterocycles. The lowest BCUT2D eigenvalue weighted by Gasteiger charge is -2.10. The van der Waals surface area contributed by atoms with E-state index in [4.69, 9.17) is 15.3 Å². The molecule has 2 heterocycles.